The van der Waals surface area contributed by atoms with Crippen molar-refractivity contribution in [1.29, 1.82) is 0 Å². The number of amides is 1. The van der Waals surface area contributed by atoms with Gasteiger partial charge in [0.25, 0.3) is 0 Å². The van der Waals surface area contributed by atoms with Crippen LogP contribution in [-0.4, -0.2) is 48.1 Å². The predicted octanol–water partition coefficient (Wildman–Crippen LogP) is 7.15. The zero-order chi connectivity index (χ0) is 29.0. The fraction of sp³-hybridized carbons (Fsp3) is 0.286. The molecular weight excluding hydrogens is 527 g/mol. The fourth-order valence-electron chi connectivity index (χ4n) is 5.42. The summed E-state index contributed by atoms with van der Waals surface area (Å²) < 4.78 is 20.1. The van der Waals surface area contributed by atoms with Gasteiger partial charge in [0, 0.05) is 51.0 Å². The van der Waals surface area contributed by atoms with Crippen molar-refractivity contribution in [2.45, 2.75) is 38.6 Å². The Hall–Kier alpha value is -4.20. The maximum Gasteiger partial charge on any atom is 0.411 e. The Balaban J connectivity index is 1.11. The van der Waals surface area contributed by atoms with Crippen LogP contribution in [0, 0.1) is 5.82 Å². The van der Waals surface area contributed by atoms with Crippen molar-refractivity contribution in [2.75, 3.05) is 36.8 Å². The summed E-state index contributed by atoms with van der Waals surface area (Å²) >= 11 is 0. The van der Waals surface area contributed by atoms with Crippen molar-refractivity contribution >= 4 is 17.5 Å². The molecular formula is C35H39FN4O2. The molecule has 5 rings (SSSR count). The van der Waals surface area contributed by atoms with E-state index in [0.717, 1.165) is 51.1 Å². The predicted molar refractivity (Wildman–Crippen MR) is 167 cm³/mol. The highest BCUT2D eigenvalue weighted by Crippen LogP contribution is 2.22. The average Bonchev–Trinajstić information content (AvgIpc) is 3.02. The molecule has 1 fully saturated rings. The number of rotatable bonds is 12. The summed E-state index contributed by atoms with van der Waals surface area (Å²) in [5.41, 5.74) is 4.34. The summed E-state index contributed by atoms with van der Waals surface area (Å²) in [6.45, 7) is 5.80. The molecule has 0 aliphatic carbocycles. The van der Waals surface area contributed by atoms with Crippen LogP contribution in [0.15, 0.2) is 109 Å². The Morgan fingerprint density at radius 1 is 0.810 bits per heavy atom. The maximum atomic E-state index is 14.8. The van der Waals surface area contributed by atoms with Crippen molar-refractivity contribution < 1.29 is 13.9 Å². The summed E-state index contributed by atoms with van der Waals surface area (Å²) in [5.74, 6) is -0.409. The summed E-state index contributed by atoms with van der Waals surface area (Å²) in [7, 11) is 0. The molecule has 0 saturated carbocycles. The quantitative estimate of drug-likeness (QED) is 0.178. The van der Waals surface area contributed by atoms with Crippen LogP contribution in [0.3, 0.4) is 0 Å². The van der Waals surface area contributed by atoms with Crippen LogP contribution in [-0.2, 0) is 24.4 Å². The van der Waals surface area contributed by atoms with Crippen LogP contribution in [0.2, 0.25) is 0 Å². The third-order valence-electron chi connectivity index (χ3n) is 7.62. The van der Waals surface area contributed by atoms with E-state index in [0.29, 0.717) is 24.0 Å². The molecule has 1 saturated heterocycles. The van der Waals surface area contributed by atoms with Gasteiger partial charge in [-0.3, -0.25) is 15.1 Å². The van der Waals surface area contributed by atoms with Gasteiger partial charge < -0.3 is 10.1 Å². The first-order valence-electron chi connectivity index (χ1n) is 14.7. The molecule has 1 aliphatic heterocycles. The molecule has 1 heterocycles. The number of benzene rings is 4. The molecule has 1 amide bonds. The Bertz CT molecular complexity index is 1390. The van der Waals surface area contributed by atoms with E-state index in [2.05, 4.69) is 81.1 Å². The second kappa shape index (κ2) is 15.1. The minimum atomic E-state index is -0.618. The molecule has 4 aromatic carbocycles. The second-order valence-corrected chi connectivity index (χ2v) is 10.8. The van der Waals surface area contributed by atoms with Crippen LogP contribution in [0.4, 0.5) is 20.6 Å². The van der Waals surface area contributed by atoms with Crippen molar-refractivity contribution in [1.82, 2.24) is 9.80 Å². The molecule has 1 unspecified atom stereocenters. The van der Waals surface area contributed by atoms with E-state index in [1.54, 1.807) is 12.1 Å². The van der Waals surface area contributed by atoms with Crippen LogP contribution in [0.1, 0.15) is 29.5 Å². The average molecular weight is 567 g/mol. The van der Waals surface area contributed by atoms with Gasteiger partial charge in [-0.1, -0.05) is 91.0 Å². The van der Waals surface area contributed by atoms with Gasteiger partial charge in [0.15, 0.2) is 0 Å². The molecule has 0 spiro atoms. The van der Waals surface area contributed by atoms with Gasteiger partial charge in [0.2, 0.25) is 0 Å². The first-order valence-corrected chi connectivity index (χ1v) is 14.7. The highest BCUT2D eigenvalue weighted by Gasteiger charge is 2.26. The molecule has 6 nitrogen and oxygen atoms in total. The van der Waals surface area contributed by atoms with Crippen LogP contribution in [0.5, 0.6) is 0 Å². The smallest absolute Gasteiger partial charge is 0.411 e. The van der Waals surface area contributed by atoms with E-state index in [9.17, 15) is 9.18 Å². The lowest BCUT2D eigenvalue weighted by molar-refractivity contribution is 0.0589. The molecule has 2 N–H and O–H groups in total. The van der Waals surface area contributed by atoms with Crippen LogP contribution < -0.4 is 10.6 Å². The number of hydrogen-bond donors (Lipinski definition) is 2. The lowest BCUT2D eigenvalue weighted by atomic mass is 10.0. The van der Waals surface area contributed by atoms with Gasteiger partial charge in [-0.25, -0.2) is 9.18 Å². The molecule has 42 heavy (non-hydrogen) atoms. The molecule has 0 radical (unpaired) electrons. The minimum absolute atomic E-state index is 0.155. The molecule has 0 aromatic heterocycles. The number of carbonyl (C=O) groups excluding carboxylic acids is 1. The first-order chi connectivity index (χ1) is 20.6. The first kappa shape index (κ1) is 29.3. The summed E-state index contributed by atoms with van der Waals surface area (Å²) in [5, 5.41) is 5.84. The van der Waals surface area contributed by atoms with Gasteiger partial charge in [-0.05, 0) is 47.7 Å². The number of hydrogen-bond acceptors (Lipinski definition) is 5. The number of ether oxygens (including phenoxy) is 1. The van der Waals surface area contributed by atoms with Gasteiger partial charge in [0.05, 0.1) is 5.69 Å². The van der Waals surface area contributed by atoms with E-state index >= 15 is 0 Å². The van der Waals surface area contributed by atoms with E-state index in [4.69, 9.17) is 4.74 Å². The maximum absolute atomic E-state index is 14.8. The molecule has 0 bridgehead atoms. The standard InChI is InChI=1S/C35H39FN4O2/c36-33-23-31(38-35(41)42-27-30-15-8-3-9-16-30)18-19-34(33)37-20-10-17-32-26-39(24-28-11-4-1-5-12-28)21-22-40(32)25-29-13-6-2-7-14-29/h1-9,11-16,18-19,23,32,37H,10,17,20-22,24-27H2,(H,38,41). The fourth-order valence-corrected chi connectivity index (χ4v) is 5.42. The largest absolute Gasteiger partial charge is 0.444 e. The Kier molecular flexibility index (Phi) is 10.6. The van der Waals surface area contributed by atoms with E-state index in [1.807, 2.05) is 30.3 Å². The number of carbonyl (C=O) groups is 1. The highest BCUT2D eigenvalue weighted by atomic mass is 19.1. The van der Waals surface area contributed by atoms with E-state index < -0.39 is 11.9 Å². The number of anilines is 2. The topological polar surface area (TPSA) is 56.8 Å². The highest BCUT2D eigenvalue weighted by molar-refractivity contribution is 5.84. The van der Waals surface area contributed by atoms with E-state index in [-0.39, 0.29) is 6.61 Å². The normalized spacial score (nSPS) is 15.7. The zero-order valence-electron chi connectivity index (χ0n) is 23.9. The van der Waals surface area contributed by atoms with Crippen molar-refractivity contribution in [3.05, 3.63) is 132 Å². The van der Waals surface area contributed by atoms with Gasteiger partial charge in [-0.2, -0.15) is 0 Å². The van der Waals surface area contributed by atoms with Crippen molar-refractivity contribution in [2.24, 2.45) is 0 Å². The van der Waals surface area contributed by atoms with Crippen molar-refractivity contribution in [3.8, 4) is 0 Å². The van der Waals surface area contributed by atoms with Crippen molar-refractivity contribution in [3.63, 3.8) is 0 Å². The number of piperazine rings is 1. The van der Waals surface area contributed by atoms with Gasteiger partial charge in [-0.15, -0.1) is 0 Å². The second-order valence-electron chi connectivity index (χ2n) is 10.8. The molecule has 1 aliphatic rings. The third-order valence-corrected chi connectivity index (χ3v) is 7.62. The Morgan fingerprint density at radius 2 is 1.45 bits per heavy atom. The summed E-state index contributed by atoms with van der Waals surface area (Å²) in [6, 6.07) is 35.8. The third kappa shape index (κ3) is 8.90. The summed E-state index contributed by atoms with van der Waals surface area (Å²) in [4.78, 5) is 17.3. The lowest BCUT2D eigenvalue weighted by Gasteiger charge is -2.42. The molecule has 4 aromatic rings. The Labute approximate surface area is 248 Å². The zero-order valence-corrected chi connectivity index (χ0v) is 23.9. The molecule has 1 atom stereocenters. The molecule has 7 heteroatoms. The van der Waals surface area contributed by atoms with Gasteiger partial charge in [0.1, 0.15) is 12.4 Å². The monoisotopic (exact) mass is 566 g/mol. The lowest BCUT2D eigenvalue weighted by Crippen LogP contribution is -2.52. The van der Waals surface area contributed by atoms with Crippen LogP contribution >= 0.6 is 0 Å². The Morgan fingerprint density at radius 3 is 2.12 bits per heavy atom. The number of nitrogens with zero attached hydrogens (tertiary/aromatic N) is 2. The van der Waals surface area contributed by atoms with E-state index in [1.165, 1.54) is 17.2 Å². The summed E-state index contributed by atoms with van der Waals surface area (Å²) in [6.07, 6.45) is 1.31. The number of nitrogens with one attached hydrogen (secondary N) is 2. The minimum Gasteiger partial charge on any atom is -0.444 e. The van der Waals surface area contributed by atoms with Crippen LogP contribution in [0.25, 0.3) is 0 Å². The van der Waals surface area contributed by atoms with Gasteiger partial charge >= 0.3 is 6.09 Å². The number of halogens is 1. The molecule has 218 valence electrons. The SMILES string of the molecule is O=C(Nc1ccc(NCCCC2CN(Cc3ccccc3)CCN2Cc2ccccc2)c(F)c1)OCc1ccccc1.